The molecule has 0 amide bonds. The van der Waals surface area contributed by atoms with E-state index in [2.05, 4.69) is 57.9 Å². The summed E-state index contributed by atoms with van der Waals surface area (Å²) in [4.78, 5) is 4.94. The monoisotopic (exact) mass is 325 g/mol. The first kappa shape index (κ1) is 14.8. The molecule has 0 saturated carbocycles. The molecule has 0 aromatic heterocycles. The highest BCUT2D eigenvalue weighted by Crippen LogP contribution is 2.28. The normalized spacial score (nSPS) is 22.6. The topological polar surface area (TPSA) is 32.5 Å². The lowest BCUT2D eigenvalue weighted by molar-refractivity contribution is 0.213. The largest absolute Gasteiger partial charge is 0.369 e. The van der Waals surface area contributed by atoms with Crippen molar-refractivity contribution in [2.75, 3.05) is 31.6 Å². The van der Waals surface area contributed by atoms with Gasteiger partial charge in [0.15, 0.2) is 0 Å². The summed E-state index contributed by atoms with van der Waals surface area (Å²) < 4.78 is 1.12. The van der Waals surface area contributed by atoms with E-state index in [0.29, 0.717) is 6.04 Å². The summed E-state index contributed by atoms with van der Waals surface area (Å²) in [7, 11) is 2.22. The van der Waals surface area contributed by atoms with Gasteiger partial charge in [-0.25, -0.2) is 0 Å². The van der Waals surface area contributed by atoms with Gasteiger partial charge in [-0.1, -0.05) is 28.9 Å². The molecule has 2 N–H and O–H groups in total. The highest BCUT2D eigenvalue weighted by atomic mass is 79.9. The van der Waals surface area contributed by atoms with Crippen molar-refractivity contribution >= 4 is 21.6 Å². The van der Waals surface area contributed by atoms with Crippen molar-refractivity contribution in [2.24, 2.45) is 5.73 Å². The fourth-order valence-corrected chi connectivity index (χ4v) is 3.43. The molecule has 1 unspecified atom stereocenters. The molecule has 0 bridgehead atoms. The SMILES string of the molecule is CCC1CN(c2ccc([C@@H](C)N)c(Br)c2)CCN1C. The van der Waals surface area contributed by atoms with Crippen LogP contribution in [0.2, 0.25) is 0 Å². The van der Waals surface area contributed by atoms with Gasteiger partial charge in [0.25, 0.3) is 0 Å². The Morgan fingerprint density at radius 2 is 2.16 bits per heavy atom. The van der Waals surface area contributed by atoms with E-state index in [0.717, 1.165) is 24.1 Å². The maximum Gasteiger partial charge on any atom is 0.0378 e. The Hall–Kier alpha value is -0.580. The number of nitrogens with zero attached hydrogens (tertiary/aromatic N) is 2. The summed E-state index contributed by atoms with van der Waals surface area (Å²) in [6.45, 7) is 7.61. The molecule has 1 aliphatic heterocycles. The molecular weight excluding hydrogens is 302 g/mol. The summed E-state index contributed by atoms with van der Waals surface area (Å²) >= 11 is 3.64. The van der Waals surface area contributed by atoms with Crippen LogP contribution < -0.4 is 10.6 Å². The fraction of sp³-hybridized carbons (Fsp3) is 0.600. The minimum atomic E-state index is 0.0688. The van der Waals surface area contributed by atoms with E-state index in [4.69, 9.17) is 5.73 Å². The van der Waals surface area contributed by atoms with E-state index in [1.165, 1.54) is 17.7 Å². The van der Waals surface area contributed by atoms with Crippen LogP contribution in [0.1, 0.15) is 31.9 Å². The summed E-state index contributed by atoms with van der Waals surface area (Å²) in [5.74, 6) is 0. The Morgan fingerprint density at radius 1 is 1.42 bits per heavy atom. The Balaban J connectivity index is 2.16. The van der Waals surface area contributed by atoms with Crippen molar-refractivity contribution in [3.05, 3.63) is 28.2 Å². The van der Waals surface area contributed by atoms with Gasteiger partial charge in [-0.05, 0) is 38.1 Å². The van der Waals surface area contributed by atoms with Crippen LogP contribution in [0.25, 0.3) is 0 Å². The highest BCUT2D eigenvalue weighted by Gasteiger charge is 2.23. The van der Waals surface area contributed by atoms with Crippen LogP contribution in [0.15, 0.2) is 22.7 Å². The van der Waals surface area contributed by atoms with E-state index >= 15 is 0 Å². The molecule has 1 aromatic rings. The van der Waals surface area contributed by atoms with Crippen LogP contribution >= 0.6 is 15.9 Å². The van der Waals surface area contributed by atoms with Gasteiger partial charge in [0, 0.05) is 41.9 Å². The summed E-state index contributed by atoms with van der Waals surface area (Å²) in [5.41, 5.74) is 8.42. The lowest BCUT2D eigenvalue weighted by atomic mass is 10.1. The van der Waals surface area contributed by atoms with Gasteiger partial charge in [-0.3, -0.25) is 4.90 Å². The number of anilines is 1. The zero-order valence-electron chi connectivity index (χ0n) is 12.1. The first-order valence-electron chi connectivity index (χ1n) is 7.03. The molecule has 1 aromatic carbocycles. The van der Waals surface area contributed by atoms with Crippen molar-refractivity contribution < 1.29 is 0 Å². The third-order valence-corrected chi connectivity index (χ3v) is 4.77. The van der Waals surface area contributed by atoms with Crippen molar-refractivity contribution in [1.82, 2.24) is 4.90 Å². The molecule has 19 heavy (non-hydrogen) atoms. The lowest BCUT2D eigenvalue weighted by Gasteiger charge is -2.40. The molecule has 0 radical (unpaired) electrons. The van der Waals surface area contributed by atoms with Crippen LogP contribution in [0.5, 0.6) is 0 Å². The molecule has 0 aliphatic carbocycles. The van der Waals surface area contributed by atoms with E-state index < -0.39 is 0 Å². The molecule has 106 valence electrons. The summed E-state index contributed by atoms with van der Waals surface area (Å²) in [6, 6.07) is 7.27. The first-order valence-corrected chi connectivity index (χ1v) is 7.82. The summed E-state index contributed by atoms with van der Waals surface area (Å²) in [5, 5.41) is 0. The van der Waals surface area contributed by atoms with Gasteiger partial charge < -0.3 is 10.6 Å². The minimum Gasteiger partial charge on any atom is -0.369 e. The fourth-order valence-electron chi connectivity index (χ4n) is 2.70. The number of benzene rings is 1. The highest BCUT2D eigenvalue weighted by molar-refractivity contribution is 9.10. The third-order valence-electron chi connectivity index (χ3n) is 4.09. The average Bonchev–Trinajstić information content (AvgIpc) is 2.38. The van der Waals surface area contributed by atoms with Crippen LogP contribution in [0.4, 0.5) is 5.69 Å². The molecule has 2 atom stereocenters. The van der Waals surface area contributed by atoms with Crippen molar-refractivity contribution in [1.29, 1.82) is 0 Å². The van der Waals surface area contributed by atoms with Gasteiger partial charge in [0.1, 0.15) is 0 Å². The Bertz CT molecular complexity index is 433. The van der Waals surface area contributed by atoms with Gasteiger partial charge in [-0.2, -0.15) is 0 Å². The van der Waals surface area contributed by atoms with Crippen LogP contribution in [-0.2, 0) is 0 Å². The maximum absolute atomic E-state index is 5.95. The van der Waals surface area contributed by atoms with E-state index in [1.54, 1.807) is 0 Å². The smallest absolute Gasteiger partial charge is 0.0378 e. The molecule has 1 fully saturated rings. The van der Waals surface area contributed by atoms with E-state index in [-0.39, 0.29) is 6.04 Å². The van der Waals surface area contributed by atoms with Gasteiger partial charge >= 0.3 is 0 Å². The van der Waals surface area contributed by atoms with E-state index in [9.17, 15) is 0 Å². The van der Waals surface area contributed by atoms with Gasteiger partial charge in [-0.15, -0.1) is 0 Å². The van der Waals surface area contributed by atoms with Gasteiger partial charge in [0.05, 0.1) is 0 Å². The quantitative estimate of drug-likeness (QED) is 0.927. The first-order chi connectivity index (χ1) is 9.02. The second-order valence-electron chi connectivity index (χ2n) is 5.48. The number of hydrogen-bond acceptors (Lipinski definition) is 3. The lowest BCUT2D eigenvalue weighted by Crippen LogP contribution is -2.51. The molecule has 0 spiro atoms. The number of halogens is 1. The molecule has 1 aliphatic rings. The van der Waals surface area contributed by atoms with Crippen LogP contribution in [-0.4, -0.2) is 37.6 Å². The predicted octanol–water partition coefficient (Wildman–Crippen LogP) is 3.00. The minimum absolute atomic E-state index is 0.0688. The number of nitrogens with two attached hydrogens (primary N) is 1. The maximum atomic E-state index is 5.95. The molecule has 3 nitrogen and oxygen atoms in total. The molecule has 2 rings (SSSR count). The zero-order chi connectivity index (χ0) is 14.0. The van der Waals surface area contributed by atoms with Crippen LogP contribution in [0, 0.1) is 0 Å². The molecule has 1 saturated heterocycles. The third kappa shape index (κ3) is 3.30. The molecule has 1 heterocycles. The number of hydrogen-bond donors (Lipinski definition) is 1. The Kier molecular flexibility index (Phi) is 4.87. The second kappa shape index (κ2) is 6.25. The molecular formula is C15H24BrN3. The van der Waals surface area contributed by atoms with Crippen molar-refractivity contribution in [3.63, 3.8) is 0 Å². The standard InChI is InChI=1S/C15H24BrN3/c1-4-12-10-19(8-7-18(12)3)13-5-6-14(11(2)17)15(16)9-13/h5-6,9,11-12H,4,7-8,10,17H2,1-3H3/t11-,12?/m1/s1. The van der Waals surface area contributed by atoms with Crippen molar-refractivity contribution in [2.45, 2.75) is 32.4 Å². The van der Waals surface area contributed by atoms with Crippen molar-refractivity contribution in [3.8, 4) is 0 Å². The average molecular weight is 326 g/mol. The Morgan fingerprint density at radius 3 is 2.74 bits per heavy atom. The number of likely N-dealkylation sites (N-methyl/N-ethyl adjacent to an activating group) is 1. The van der Waals surface area contributed by atoms with E-state index in [1.807, 2.05) is 6.92 Å². The number of rotatable bonds is 3. The Labute approximate surface area is 124 Å². The van der Waals surface area contributed by atoms with Crippen LogP contribution in [0.3, 0.4) is 0 Å². The van der Waals surface area contributed by atoms with Gasteiger partial charge in [0.2, 0.25) is 0 Å². The zero-order valence-corrected chi connectivity index (χ0v) is 13.7. The second-order valence-corrected chi connectivity index (χ2v) is 6.34. The molecule has 4 heteroatoms. The summed E-state index contributed by atoms with van der Waals surface area (Å²) in [6.07, 6.45) is 1.20. The number of piperazine rings is 1. The predicted molar refractivity (Wildman–Crippen MR) is 85.7 cm³/mol.